The summed E-state index contributed by atoms with van der Waals surface area (Å²) in [7, 11) is -4.46. The topological polar surface area (TPSA) is 54.4 Å². The van der Waals surface area contributed by atoms with E-state index in [2.05, 4.69) is 0 Å². The first kappa shape index (κ1) is 15.9. The van der Waals surface area contributed by atoms with Crippen molar-refractivity contribution >= 4 is 29.0 Å². The molecule has 3 nitrogen and oxygen atoms in total. The van der Waals surface area contributed by atoms with Crippen LogP contribution in [0.4, 0.5) is 4.39 Å². The summed E-state index contributed by atoms with van der Waals surface area (Å²) in [5.74, 6) is 0. The van der Waals surface area contributed by atoms with Crippen molar-refractivity contribution < 1.29 is 17.4 Å². The second-order valence-electron chi connectivity index (χ2n) is 2.77. The van der Waals surface area contributed by atoms with E-state index in [0.717, 1.165) is 19.3 Å². The van der Waals surface area contributed by atoms with E-state index in [0.29, 0.717) is 6.42 Å². The Balaban J connectivity index is 0. The number of hydrogen-bond donors (Lipinski definition) is 1. The molecule has 13 heavy (non-hydrogen) atoms. The van der Waals surface area contributed by atoms with Gasteiger partial charge in [-0.15, -0.1) is 0 Å². The molecule has 0 amide bonds. The fourth-order valence-corrected chi connectivity index (χ4v) is 1.35. The zero-order valence-corrected chi connectivity index (χ0v) is 7.98. The van der Waals surface area contributed by atoms with Gasteiger partial charge in [-0.1, -0.05) is 26.2 Å². The van der Waals surface area contributed by atoms with Crippen molar-refractivity contribution in [2.45, 2.75) is 44.5 Å². The minimum atomic E-state index is -4.46. The Kier molecular flexibility index (Phi) is 9.54. The Morgan fingerprint density at radius 2 is 1.85 bits per heavy atom. The summed E-state index contributed by atoms with van der Waals surface area (Å²) < 4.78 is 41.1. The Bertz CT molecular complexity index is 206. The van der Waals surface area contributed by atoms with Gasteiger partial charge < -0.3 is 0 Å². The molecule has 0 aliphatic heterocycles. The maximum atomic E-state index is 12.5. The minimum absolute atomic E-state index is 0. The molecule has 0 aromatic heterocycles. The van der Waals surface area contributed by atoms with E-state index < -0.39 is 15.6 Å². The van der Waals surface area contributed by atoms with Crippen LogP contribution in [-0.4, -0.2) is 37.3 Å². The van der Waals surface area contributed by atoms with Gasteiger partial charge in [0.05, 0.1) is 0 Å². The number of unbranched alkanes of at least 4 members (excludes halogenated alkanes) is 3. The molecule has 0 radical (unpaired) electrons. The third kappa shape index (κ3) is 8.76. The van der Waals surface area contributed by atoms with Crippen LogP contribution in [0.5, 0.6) is 0 Å². The molecular weight excluding hydrogens is 190 g/mol. The molecule has 76 valence electrons. The molecule has 1 N–H and O–H groups in total. The third-order valence-corrected chi connectivity index (χ3v) is 2.49. The van der Waals surface area contributed by atoms with Gasteiger partial charge in [-0.2, -0.15) is 8.42 Å². The molecular formula is C7H16FLiO3S. The molecule has 0 aliphatic rings. The SMILES string of the molecule is CCCCCCC(F)S(=O)(=O)O.[LiH]. The summed E-state index contributed by atoms with van der Waals surface area (Å²) in [6, 6.07) is 0. The van der Waals surface area contributed by atoms with Crippen LogP contribution in [0.25, 0.3) is 0 Å². The van der Waals surface area contributed by atoms with Crippen molar-refractivity contribution in [3.63, 3.8) is 0 Å². The second-order valence-corrected chi connectivity index (χ2v) is 4.32. The standard InChI is InChI=1S/C7H15FO3S.Li.H/c1-2-3-4-5-6-7(8)12(9,10)11;;/h7H,2-6H2,1H3,(H,9,10,11);;. The average Bonchev–Trinajstić information content (AvgIpc) is 1.96. The summed E-state index contributed by atoms with van der Waals surface area (Å²) in [6.07, 6.45) is 3.21. The van der Waals surface area contributed by atoms with Crippen molar-refractivity contribution in [1.29, 1.82) is 0 Å². The first-order valence-corrected chi connectivity index (χ1v) is 5.59. The summed E-state index contributed by atoms with van der Waals surface area (Å²) >= 11 is 0. The zero-order valence-electron chi connectivity index (χ0n) is 7.16. The van der Waals surface area contributed by atoms with E-state index in [-0.39, 0.29) is 25.3 Å². The van der Waals surface area contributed by atoms with Crippen LogP contribution in [0, 0.1) is 0 Å². The Labute approximate surface area is 91.0 Å². The Morgan fingerprint density at radius 3 is 2.23 bits per heavy atom. The van der Waals surface area contributed by atoms with Gasteiger partial charge in [0.1, 0.15) is 0 Å². The molecule has 0 heterocycles. The number of alkyl halides is 1. The van der Waals surface area contributed by atoms with Gasteiger partial charge in [0.25, 0.3) is 10.1 Å². The predicted molar refractivity (Wildman–Crippen MR) is 52.4 cm³/mol. The van der Waals surface area contributed by atoms with E-state index in [1.54, 1.807) is 0 Å². The number of halogens is 1. The van der Waals surface area contributed by atoms with Crippen LogP contribution >= 0.6 is 0 Å². The van der Waals surface area contributed by atoms with Gasteiger partial charge in [-0.25, -0.2) is 4.39 Å². The van der Waals surface area contributed by atoms with Gasteiger partial charge in [-0.3, -0.25) is 4.55 Å². The van der Waals surface area contributed by atoms with E-state index >= 15 is 0 Å². The normalized spacial score (nSPS) is 13.5. The van der Waals surface area contributed by atoms with E-state index in [1.807, 2.05) is 6.92 Å². The molecule has 1 unspecified atom stereocenters. The van der Waals surface area contributed by atoms with Crippen LogP contribution < -0.4 is 0 Å². The maximum absolute atomic E-state index is 12.5. The third-order valence-electron chi connectivity index (χ3n) is 1.61. The van der Waals surface area contributed by atoms with Crippen molar-refractivity contribution in [3.8, 4) is 0 Å². The predicted octanol–water partition coefficient (Wildman–Crippen LogP) is 1.49. The van der Waals surface area contributed by atoms with Crippen molar-refractivity contribution in [3.05, 3.63) is 0 Å². The molecule has 0 saturated carbocycles. The van der Waals surface area contributed by atoms with Gasteiger partial charge >= 0.3 is 18.9 Å². The Hall–Kier alpha value is 0.437. The molecule has 0 aromatic rings. The number of hydrogen-bond acceptors (Lipinski definition) is 2. The molecule has 0 rings (SSSR count). The van der Waals surface area contributed by atoms with Crippen molar-refractivity contribution in [2.24, 2.45) is 0 Å². The molecule has 0 fully saturated rings. The Morgan fingerprint density at radius 1 is 1.31 bits per heavy atom. The quantitative estimate of drug-likeness (QED) is 0.407. The van der Waals surface area contributed by atoms with Gasteiger partial charge in [0.2, 0.25) is 5.50 Å². The van der Waals surface area contributed by atoms with Gasteiger partial charge in [0.15, 0.2) is 0 Å². The monoisotopic (exact) mass is 206 g/mol. The van der Waals surface area contributed by atoms with Gasteiger partial charge in [-0.05, 0) is 12.8 Å². The van der Waals surface area contributed by atoms with Crippen molar-refractivity contribution in [1.82, 2.24) is 0 Å². The average molecular weight is 206 g/mol. The second kappa shape index (κ2) is 7.81. The summed E-state index contributed by atoms with van der Waals surface area (Å²) in [6.45, 7) is 2.01. The molecule has 6 heteroatoms. The van der Waals surface area contributed by atoms with Crippen molar-refractivity contribution in [2.75, 3.05) is 0 Å². The van der Waals surface area contributed by atoms with Crippen LogP contribution in [0.15, 0.2) is 0 Å². The first-order chi connectivity index (χ1) is 5.48. The number of rotatable bonds is 6. The zero-order chi connectivity index (χ0) is 9.61. The molecule has 0 bridgehead atoms. The molecule has 1 atom stereocenters. The van der Waals surface area contributed by atoms with E-state index in [9.17, 15) is 12.8 Å². The molecule has 0 aromatic carbocycles. The van der Waals surface area contributed by atoms with Crippen LogP contribution in [0.3, 0.4) is 0 Å². The molecule has 0 saturated heterocycles. The van der Waals surface area contributed by atoms with Gasteiger partial charge in [0, 0.05) is 0 Å². The fourth-order valence-electron chi connectivity index (χ4n) is 0.881. The van der Waals surface area contributed by atoms with Crippen LogP contribution in [0.1, 0.15) is 39.0 Å². The van der Waals surface area contributed by atoms with Crippen LogP contribution in [0.2, 0.25) is 0 Å². The van der Waals surface area contributed by atoms with Crippen LogP contribution in [-0.2, 0) is 10.1 Å². The summed E-state index contributed by atoms with van der Waals surface area (Å²) in [4.78, 5) is 0. The first-order valence-electron chi connectivity index (χ1n) is 4.09. The molecule has 0 spiro atoms. The summed E-state index contributed by atoms with van der Waals surface area (Å²) in [5.41, 5.74) is -2.10. The summed E-state index contributed by atoms with van der Waals surface area (Å²) in [5, 5.41) is 0. The fraction of sp³-hybridized carbons (Fsp3) is 1.00. The molecule has 0 aliphatic carbocycles. The van der Waals surface area contributed by atoms with E-state index in [4.69, 9.17) is 4.55 Å². The van der Waals surface area contributed by atoms with E-state index in [1.165, 1.54) is 0 Å².